The van der Waals surface area contributed by atoms with Crippen LogP contribution < -0.4 is 5.32 Å². The molecule has 0 spiro atoms. The van der Waals surface area contributed by atoms with Crippen LogP contribution in [-0.2, 0) is 23.6 Å². The third-order valence-electron chi connectivity index (χ3n) is 5.35. The van der Waals surface area contributed by atoms with E-state index in [-0.39, 0.29) is 12.6 Å². The molecule has 3 aromatic rings. The molecule has 180 valence electrons. The monoisotopic (exact) mass is 486 g/mol. The standard InChI is InChI=1S/C21H16F6N4O3/c1-11-17(12-7-13(20(22,23)24)9-14(8-12)21(25,26)27)34-19(33)30(11)18(32)28-10-16-4-2-3-15-5-6-29-31(15)16/h2-9,11,17H,10H2,1H3,(H,28,32)/t11-,17-/m0/s1. The minimum Gasteiger partial charge on any atom is -0.439 e. The van der Waals surface area contributed by atoms with E-state index in [4.69, 9.17) is 4.74 Å². The number of hydrogen-bond acceptors (Lipinski definition) is 4. The predicted molar refractivity (Wildman–Crippen MR) is 104 cm³/mol. The van der Waals surface area contributed by atoms with Gasteiger partial charge in [-0.25, -0.2) is 19.0 Å². The zero-order chi connectivity index (χ0) is 24.8. The van der Waals surface area contributed by atoms with Crippen LogP contribution in [0, 0.1) is 0 Å². The molecule has 2 atom stereocenters. The van der Waals surface area contributed by atoms with E-state index in [1.54, 1.807) is 35.0 Å². The molecule has 13 heteroatoms. The maximum Gasteiger partial charge on any atom is 0.419 e. The van der Waals surface area contributed by atoms with E-state index in [1.807, 2.05) is 0 Å². The van der Waals surface area contributed by atoms with E-state index in [1.165, 1.54) is 6.92 Å². The Labute approximate surface area is 187 Å². The molecule has 1 N–H and O–H groups in total. The first kappa shape index (κ1) is 23.4. The summed E-state index contributed by atoms with van der Waals surface area (Å²) in [6, 6.07) is 5.75. The smallest absolute Gasteiger partial charge is 0.419 e. The molecular weight excluding hydrogens is 470 g/mol. The lowest BCUT2D eigenvalue weighted by Gasteiger charge is -2.21. The van der Waals surface area contributed by atoms with Crippen LogP contribution in [0.25, 0.3) is 5.52 Å². The molecule has 0 saturated carbocycles. The van der Waals surface area contributed by atoms with Crippen molar-refractivity contribution in [1.29, 1.82) is 0 Å². The van der Waals surface area contributed by atoms with Gasteiger partial charge >= 0.3 is 24.5 Å². The molecule has 1 fully saturated rings. The van der Waals surface area contributed by atoms with Crippen LogP contribution in [-0.4, -0.2) is 32.7 Å². The van der Waals surface area contributed by atoms with Crippen molar-refractivity contribution in [3.8, 4) is 0 Å². The number of aromatic nitrogens is 2. The largest absolute Gasteiger partial charge is 0.439 e. The summed E-state index contributed by atoms with van der Waals surface area (Å²) in [6.45, 7) is 1.23. The molecule has 0 bridgehead atoms. The van der Waals surface area contributed by atoms with E-state index in [9.17, 15) is 35.9 Å². The van der Waals surface area contributed by atoms with Crippen molar-refractivity contribution in [1.82, 2.24) is 19.8 Å². The van der Waals surface area contributed by atoms with E-state index in [2.05, 4.69) is 10.4 Å². The molecular formula is C21H16F6N4O3. The number of urea groups is 1. The van der Waals surface area contributed by atoms with E-state index < -0.39 is 53.3 Å². The number of alkyl halides is 6. The molecule has 2 aromatic heterocycles. The van der Waals surface area contributed by atoms with Gasteiger partial charge in [0.2, 0.25) is 0 Å². The number of cyclic esters (lactones) is 1. The van der Waals surface area contributed by atoms with E-state index in [0.29, 0.717) is 22.7 Å². The van der Waals surface area contributed by atoms with Crippen LogP contribution in [0.5, 0.6) is 0 Å². The lowest BCUT2D eigenvalue weighted by molar-refractivity contribution is -0.143. The van der Waals surface area contributed by atoms with Crippen molar-refractivity contribution in [2.75, 3.05) is 0 Å². The van der Waals surface area contributed by atoms with Crippen LogP contribution >= 0.6 is 0 Å². The van der Waals surface area contributed by atoms with Gasteiger partial charge in [-0.15, -0.1) is 0 Å². The number of ether oxygens (including phenoxy) is 1. The van der Waals surface area contributed by atoms with Gasteiger partial charge in [0, 0.05) is 6.20 Å². The average molecular weight is 486 g/mol. The van der Waals surface area contributed by atoms with Crippen molar-refractivity contribution in [3.63, 3.8) is 0 Å². The number of hydrogen-bond donors (Lipinski definition) is 1. The van der Waals surface area contributed by atoms with Crippen molar-refractivity contribution in [2.45, 2.75) is 38.0 Å². The Kier molecular flexibility index (Phi) is 5.66. The molecule has 3 heterocycles. The molecule has 1 aliphatic heterocycles. The topological polar surface area (TPSA) is 75.9 Å². The molecule has 34 heavy (non-hydrogen) atoms. The zero-order valence-electron chi connectivity index (χ0n) is 17.3. The summed E-state index contributed by atoms with van der Waals surface area (Å²) >= 11 is 0. The number of nitrogens with one attached hydrogen (secondary N) is 1. The second-order valence-corrected chi connectivity index (χ2v) is 7.60. The van der Waals surface area contributed by atoms with Gasteiger partial charge in [0.1, 0.15) is 6.10 Å². The summed E-state index contributed by atoms with van der Waals surface area (Å²) in [4.78, 5) is 25.6. The Morgan fingerprint density at radius 1 is 1.06 bits per heavy atom. The van der Waals surface area contributed by atoms with Gasteiger partial charge in [-0.1, -0.05) is 6.07 Å². The molecule has 1 aliphatic rings. The quantitative estimate of drug-likeness (QED) is 0.519. The molecule has 3 amide bonds. The highest BCUT2D eigenvalue weighted by atomic mass is 19.4. The van der Waals surface area contributed by atoms with Gasteiger partial charge < -0.3 is 10.1 Å². The molecule has 1 saturated heterocycles. The Hall–Kier alpha value is -3.77. The van der Waals surface area contributed by atoms with Crippen molar-refractivity contribution >= 4 is 17.6 Å². The predicted octanol–water partition coefficient (Wildman–Crippen LogP) is 5.16. The number of fused-ring (bicyclic) bond motifs is 1. The number of carbonyl (C=O) groups is 2. The number of nitrogens with zero attached hydrogens (tertiary/aromatic N) is 3. The lowest BCUT2D eigenvalue weighted by atomic mass is 9.97. The van der Waals surface area contributed by atoms with Crippen LogP contribution in [0.1, 0.15) is 35.4 Å². The van der Waals surface area contributed by atoms with Gasteiger partial charge in [0.25, 0.3) is 0 Å². The SMILES string of the molecule is C[C@H]1[C@@H](c2cc(C(F)(F)F)cc(C(F)(F)F)c2)OC(=O)N1C(=O)NCc1cccc2ccnn12. The Morgan fingerprint density at radius 3 is 2.32 bits per heavy atom. The molecule has 4 rings (SSSR count). The normalized spacial score (nSPS) is 18.9. The van der Waals surface area contributed by atoms with E-state index in [0.717, 1.165) is 5.52 Å². The third-order valence-corrected chi connectivity index (χ3v) is 5.35. The summed E-state index contributed by atoms with van der Waals surface area (Å²) in [5.41, 5.74) is -2.29. The van der Waals surface area contributed by atoms with Crippen molar-refractivity contribution in [3.05, 3.63) is 71.0 Å². The third kappa shape index (κ3) is 4.37. The van der Waals surface area contributed by atoms with Gasteiger partial charge in [-0.3, -0.25) is 0 Å². The van der Waals surface area contributed by atoms with Crippen molar-refractivity contribution < 1.29 is 40.7 Å². The highest BCUT2D eigenvalue weighted by Gasteiger charge is 2.45. The Balaban J connectivity index is 1.57. The lowest BCUT2D eigenvalue weighted by Crippen LogP contribution is -2.44. The minimum atomic E-state index is -5.06. The maximum absolute atomic E-state index is 13.2. The number of halogens is 6. The van der Waals surface area contributed by atoms with Crippen molar-refractivity contribution in [2.24, 2.45) is 0 Å². The van der Waals surface area contributed by atoms with Crippen LogP contribution in [0.3, 0.4) is 0 Å². The van der Waals surface area contributed by atoms with Gasteiger partial charge in [-0.05, 0) is 48.9 Å². The first-order valence-corrected chi connectivity index (χ1v) is 9.85. The first-order valence-electron chi connectivity index (χ1n) is 9.85. The highest BCUT2D eigenvalue weighted by molar-refractivity contribution is 5.92. The van der Waals surface area contributed by atoms with Gasteiger partial charge in [0.05, 0.1) is 34.9 Å². The number of imide groups is 1. The highest BCUT2D eigenvalue weighted by Crippen LogP contribution is 2.40. The van der Waals surface area contributed by atoms with Crippen LogP contribution in [0.2, 0.25) is 0 Å². The summed E-state index contributed by atoms with van der Waals surface area (Å²) in [5.74, 6) is 0. The summed E-state index contributed by atoms with van der Waals surface area (Å²) in [7, 11) is 0. The second-order valence-electron chi connectivity index (χ2n) is 7.60. The fourth-order valence-corrected chi connectivity index (χ4v) is 3.72. The Bertz CT molecular complexity index is 1220. The molecule has 7 nitrogen and oxygen atoms in total. The number of carbonyl (C=O) groups excluding carboxylic acids is 2. The maximum atomic E-state index is 13.2. The molecule has 0 radical (unpaired) electrons. The zero-order valence-corrected chi connectivity index (χ0v) is 17.3. The Morgan fingerprint density at radius 2 is 1.71 bits per heavy atom. The minimum absolute atomic E-state index is 0.0225. The number of pyridine rings is 1. The first-order chi connectivity index (χ1) is 15.9. The second kappa shape index (κ2) is 8.22. The summed E-state index contributed by atoms with van der Waals surface area (Å²) < 4.78 is 85.7. The van der Waals surface area contributed by atoms with E-state index >= 15 is 0 Å². The van der Waals surface area contributed by atoms with Gasteiger partial charge in [-0.2, -0.15) is 31.4 Å². The van der Waals surface area contributed by atoms with Gasteiger partial charge in [0.15, 0.2) is 0 Å². The summed E-state index contributed by atoms with van der Waals surface area (Å²) in [5, 5.41) is 6.60. The number of rotatable bonds is 3. The van der Waals surface area contributed by atoms with Crippen LogP contribution in [0.4, 0.5) is 35.9 Å². The van der Waals surface area contributed by atoms with Crippen LogP contribution in [0.15, 0.2) is 48.7 Å². The summed E-state index contributed by atoms with van der Waals surface area (Å²) in [6.07, 6.45) is -11.3. The molecule has 0 aliphatic carbocycles. The number of benzene rings is 1. The fraction of sp³-hybridized carbons (Fsp3) is 0.286. The number of amides is 3. The average Bonchev–Trinajstić information content (AvgIpc) is 3.34. The fourth-order valence-electron chi connectivity index (χ4n) is 3.72. The molecule has 0 unspecified atom stereocenters. The molecule has 1 aromatic carbocycles.